The van der Waals surface area contributed by atoms with Gasteiger partial charge < -0.3 is 10.6 Å². The summed E-state index contributed by atoms with van der Waals surface area (Å²) in [6, 6.07) is 11.6. The minimum atomic E-state index is -0.0138. The summed E-state index contributed by atoms with van der Waals surface area (Å²) in [5, 5.41) is 6.24. The minimum Gasteiger partial charge on any atom is -0.325 e. The molecule has 20 heavy (non-hydrogen) atoms. The van der Waals surface area contributed by atoms with Gasteiger partial charge in [0.2, 0.25) is 5.91 Å². The standard InChI is InChI=1S/C16H19N3O/c1-2-17-12-14-5-3-4-6-15(14)19-16(20)11-13-7-9-18-10-8-13/h3-10,17H,2,11-12H2,1H3,(H,19,20). The summed E-state index contributed by atoms with van der Waals surface area (Å²) >= 11 is 0. The Labute approximate surface area is 119 Å². The maximum absolute atomic E-state index is 12.1. The van der Waals surface area contributed by atoms with Crippen molar-refractivity contribution in [3.05, 3.63) is 59.9 Å². The van der Waals surface area contributed by atoms with Gasteiger partial charge in [0.25, 0.3) is 0 Å². The number of benzene rings is 1. The second-order valence-electron chi connectivity index (χ2n) is 4.52. The first-order chi connectivity index (χ1) is 9.79. The Morgan fingerprint density at radius 2 is 1.90 bits per heavy atom. The Morgan fingerprint density at radius 1 is 1.15 bits per heavy atom. The van der Waals surface area contributed by atoms with Crippen LogP contribution >= 0.6 is 0 Å². The number of aromatic nitrogens is 1. The summed E-state index contributed by atoms with van der Waals surface area (Å²) < 4.78 is 0. The van der Waals surface area contributed by atoms with Gasteiger partial charge in [-0.05, 0) is 35.9 Å². The van der Waals surface area contributed by atoms with Crippen LogP contribution < -0.4 is 10.6 Å². The van der Waals surface area contributed by atoms with E-state index in [0.29, 0.717) is 6.42 Å². The van der Waals surface area contributed by atoms with Gasteiger partial charge in [-0.15, -0.1) is 0 Å². The molecular formula is C16H19N3O. The highest BCUT2D eigenvalue weighted by Crippen LogP contribution is 2.15. The molecule has 0 aliphatic rings. The normalized spacial score (nSPS) is 10.2. The number of nitrogens with zero attached hydrogens (tertiary/aromatic N) is 1. The number of amides is 1. The molecule has 1 aromatic heterocycles. The number of rotatable bonds is 6. The second-order valence-corrected chi connectivity index (χ2v) is 4.52. The van der Waals surface area contributed by atoms with Gasteiger partial charge in [-0.3, -0.25) is 9.78 Å². The van der Waals surface area contributed by atoms with E-state index >= 15 is 0 Å². The van der Waals surface area contributed by atoms with Gasteiger partial charge in [0.05, 0.1) is 6.42 Å². The molecule has 2 N–H and O–H groups in total. The molecular weight excluding hydrogens is 250 g/mol. The van der Waals surface area contributed by atoms with E-state index in [1.807, 2.05) is 36.4 Å². The molecule has 1 aromatic carbocycles. The van der Waals surface area contributed by atoms with E-state index in [-0.39, 0.29) is 5.91 Å². The molecule has 104 valence electrons. The monoisotopic (exact) mass is 269 g/mol. The number of carbonyl (C=O) groups excluding carboxylic acids is 1. The molecule has 1 amide bonds. The lowest BCUT2D eigenvalue weighted by Crippen LogP contribution is -2.18. The molecule has 1 heterocycles. The largest absolute Gasteiger partial charge is 0.325 e. The summed E-state index contributed by atoms with van der Waals surface area (Å²) in [5.41, 5.74) is 2.92. The van der Waals surface area contributed by atoms with Crippen LogP contribution in [0.5, 0.6) is 0 Å². The summed E-state index contributed by atoms with van der Waals surface area (Å²) in [4.78, 5) is 16.0. The Hall–Kier alpha value is -2.20. The van der Waals surface area contributed by atoms with Crippen LogP contribution in [0.4, 0.5) is 5.69 Å². The van der Waals surface area contributed by atoms with E-state index in [1.165, 1.54) is 0 Å². The van der Waals surface area contributed by atoms with Gasteiger partial charge in [0.15, 0.2) is 0 Å². The van der Waals surface area contributed by atoms with Crippen LogP contribution in [-0.4, -0.2) is 17.4 Å². The van der Waals surface area contributed by atoms with Crippen LogP contribution in [0.2, 0.25) is 0 Å². The zero-order chi connectivity index (χ0) is 14.2. The molecule has 2 rings (SSSR count). The number of pyridine rings is 1. The van der Waals surface area contributed by atoms with Crippen LogP contribution in [0.1, 0.15) is 18.1 Å². The van der Waals surface area contributed by atoms with Crippen LogP contribution in [0.15, 0.2) is 48.8 Å². The molecule has 4 heteroatoms. The van der Waals surface area contributed by atoms with E-state index in [9.17, 15) is 4.79 Å². The number of nitrogens with one attached hydrogen (secondary N) is 2. The first-order valence-electron chi connectivity index (χ1n) is 6.77. The zero-order valence-corrected chi connectivity index (χ0v) is 11.6. The molecule has 0 saturated heterocycles. The average molecular weight is 269 g/mol. The summed E-state index contributed by atoms with van der Waals surface area (Å²) in [5.74, 6) is -0.0138. The van der Waals surface area contributed by atoms with Crippen molar-refractivity contribution in [2.75, 3.05) is 11.9 Å². The molecule has 4 nitrogen and oxygen atoms in total. The molecule has 0 spiro atoms. The highest BCUT2D eigenvalue weighted by atomic mass is 16.1. The van der Waals surface area contributed by atoms with E-state index in [0.717, 1.165) is 29.9 Å². The van der Waals surface area contributed by atoms with Crippen molar-refractivity contribution < 1.29 is 4.79 Å². The predicted octanol–water partition coefficient (Wildman–Crippen LogP) is 2.37. The van der Waals surface area contributed by atoms with Gasteiger partial charge in [-0.1, -0.05) is 25.1 Å². The van der Waals surface area contributed by atoms with E-state index in [4.69, 9.17) is 0 Å². The molecule has 0 fully saturated rings. The molecule has 0 aliphatic heterocycles. The maximum atomic E-state index is 12.1. The Balaban J connectivity index is 2.00. The van der Waals surface area contributed by atoms with E-state index in [1.54, 1.807) is 12.4 Å². The molecule has 0 aliphatic carbocycles. The first-order valence-corrected chi connectivity index (χ1v) is 6.77. The van der Waals surface area contributed by atoms with Crippen LogP contribution in [-0.2, 0) is 17.8 Å². The maximum Gasteiger partial charge on any atom is 0.228 e. The summed E-state index contributed by atoms with van der Waals surface area (Å²) in [6.45, 7) is 3.71. The van der Waals surface area contributed by atoms with Crippen molar-refractivity contribution in [2.45, 2.75) is 19.9 Å². The van der Waals surface area contributed by atoms with Crippen LogP contribution in [0.25, 0.3) is 0 Å². The number of carbonyl (C=O) groups is 1. The third-order valence-electron chi connectivity index (χ3n) is 2.97. The average Bonchev–Trinajstić information content (AvgIpc) is 2.47. The van der Waals surface area contributed by atoms with Crippen molar-refractivity contribution in [1.82, 2.24) is 10.3 Å². The van der Waals surface area contributed by atoms with Gasteiger partial charge in [-0.25, -0.2) is 0 Å². The highest BCUT2D eigenvalue weighted by molar-refractivity contribution is 5.92. The van der Waals surface area contributed by atoms with E-state index < -0.39 is 0 Å². The van der Waals surface area contributed by atoms with Gasteiger partial charge in [0.1, 0.15) is 0 Å². The third kappa shape index (κ3) is 4.17. The number of anilines is 1. The third-order valence-corrected chi connectivity index (χ3v) is 2.97. The van der Waals surface area contributed by atoms with Crippen molar-refractivity contribution >= 4 is 11.6 Å². The Bertz CT molecular complexity index is 555. The first kappa shape index (κ1) is 14.2. The van der Waals surface area contributed by atoms with E-state index in [2.05, 4.69) is 22.5 Å². The predicted molar refractivity (Wildman–Crippen MR) is 80.4 cm³/mol. The Kier molecular flexibility index (Phi) is 5.26. The lowest BCUT2D eigenvalue weighted by molar-refractivity contribution is -0.115. The molecule has 0 unspecified atom stereocenters. The van der Waals surface area contributed by atoms with Crippen molar-refractivity contribution in [3.63, 3.8) is 0 Å². The number of hydrogen-bond acceptors (Lipinski definition) is 3. The SMILES string of the molecule is CCNCc1ccccc1NC(=O)Cc1ccncc1. The summed E-state index contributed by atoms with van der Waals surface area (Å²) in [7, 11) is 0. The van der Waals surface area contributed by atoms with Crippen LogP contribution in [0.3, 0.4) is 0 Å². The van der Waals surface area contributed by atoms with Crippen molar-refractivity contribution in [1.29, 1.82) is 0 Å². The van der Waals surface area contributed by atoms with Gasteiger partial charge >= 0.3 is 0 Å². The highest BCUT2D eigenvalue weighted by Gasteiger charge is 2.07. The smallest absolute Gasteiger partial charge is 0.228 e. The minimum absolute atomic E-state index is 0.0138. The number of hydrogen-bond donors (Lipinski definition) is 2. The molecule has 2 aromatic rings. The second kappa shape index (κ2) is 7.40. The fourth-order valence-electron chi connectivity index (χ4n) is 1.94. The number of para-hydroxylation sites is 1. The molecule has 0 radical (unpaired) electrons. The zero-order valence-electron chi connectivity index (χ0n) is 11.6. The molecule has 0 atom stereocenters. The van der Waals surface area contributed by atoms with Crippen molar-refractivity contribution in [2.24, 2.45) is 0 Å². The molecule has 0 bridgehead atoms. The molecule has 0 saturated carbocycles. The van der Waals surface area contributed by atoms with Crippen LogP contribution in [0, 0.1) is 0 Å². The fraction of sp³-hybridized carbons (Fsp3) is 0.250. The lowest BCUT2D eigenvalue weighted by Gasteiger charge is -2.11. The lowest BCUT2D eigenvalue weighted by atomic mass is 10.1. The van der Waals surface area contributed by atoms with Gasteiger partial charge in [0, 0.05) is 24.6 Å². The Morgan fingerprint density at radius 3 is 2.65 bits per heavy atom. The topological polar surface area (TPSA) is 54.0 Å². The summed E-state index contributed by atoms with van der Waals surface area (Å²) in [6.07, 6.45) is 3.75. The van der Waals surface area contributed by atoms with Gasteiger partial charge in [-0.2, -0.15) is 0 Å². The van der Waals surface area contributed by atoms with Crippen molar-refractivity contribution in [3.8, 4) is 0 Å². The fourth-order valence-corrected chi connectivity index (χ4v) is 1.94. The quantitative estimate of drug-likeness (QED) is 0.846.